The molecule has 6 heteroatoms. The second-order valence-corrected chi connectivity index (χ2v) is 7.27. The molecule has 2 rings (SSSR count). The zero-order valence-electron chi connectivity index (χ0n) is 11.7. The smallest absolute Gasteiger partial charge is 0.253 e. The number of likely N-dealkylation sites (tertiary alicyclic amines) is 1. The van der Waals surface area contributed by atoms with E-state index in [9.17, 15) is 13.2 Å². The molecule has 5 nitrogen and oxygen atoms in total. The highest BCUT2D eigenvalue weighted by molar-refractivity contribution is 7.91. The van der Waals surface area contributed by atoms with Gasteiger partial charge >= 0.3 is 0 Å². The third kappa shape index (κ3) is 3.30. The zero-order valence-corrected chi connectivity index (χ0v) is 12.5. The van der Waals surface area contributed by atoms with Crippen molar-refractivity contribution in [2.75, 3.05) is 26.0 Å². The summed E-state index contributed by atoms with van der Waals surface area (Å²) in [6.45, 7) is 3.25. The van der Waals surface area contributed by atoms with Crippen LogP contribution in [0.25, 0.3) is 0 Å². The number of ether oxygens (including phenoxy) is 1. The first-order valence-electron chi connectivity index (χ1n) is 6.63. The molecule has 0 bridgehead atoms. The van der Waals surface area contributed by atoms with Crippen molar-refractivity contribution in [1.29, 1.82) is 0 Å². The maximum absolute atomic E-state index is 12.3. The van der Waals surface area contributed by atoms with Crippen LogP contribution in [0.5, 0.6) is 5.75 Å². The maximum atomic E-state index is 12.3. The maximum Gasteiger partial charge on any atom is 0.253 e. The summed E-state index contributed by atoms with van der Waals surface area (Å²) in [5, 5.41) is -0.436. The van der Waals surface area contributed by atoms with Crippen molar-refractivity contribution in [3.63, 3.8) is 0 Å². The van der Waals surface area contributed by atoms with E-state index in [1.54, 1.807) is 29.2 Å². The number of benzene rings is 1. The monoisotopic (exact) mass is 297 g/mol. The van der Waals surface area contributed by atoms with Crippen molar-refractivity contribution in [2.45, 2.75) is 18.6 Å². The Bertz CT molecular complexity index is 580. The van der Waals surface area contributed by atoms with E-state index in [4.69, 9.17) is 4.74 Å². The lowest BCUT2D eigenvalue weighted by atomic mass is 10.2. The lowest BCUT2D eigenvalue weighted by Crippen LogP contribution is -2.31. The molecule has 1 aliphatic heterocycles. The van der Waals surface area contributed by atoms with Gasteiger partial charge in [-0.05, 0) is 37.6 Å². The van der Waals surface area contributed by atoms with Gasteiger partial charge in [0.1, 0.15) is 5.75 Å². The molecule has 0 saturated carbocycles. The minimum Gasteiger partial charge on any atom is -0.494 e. The van der Waals surface area contributed by atoms with Crippen LogP contribution in [0.3, 0.4) is 0 Å². The van der Waals surface area contributed by atoms with Gasteiger partial charge in [0.05, 0.1) is 11.9 Å². The standard InChI is InChI=1S/C14H19NO4S/c1-3-19-12-6-4-11(5-7-12)14(16)15-9-8-13(10-15)20(2,17)18/h4-7,13H,3,8-10H2,1-2H3. The molecule has 0 aliphatic carbocycles. The molecule has 0 aromatic heterocycles. The Kier molecular flexibility index (Phi) is 4.32. The SMILES string of the molecule is CCOc1ccc(C(=O)N2CCC(S(C)(=O)=O)C2)cc1. The lowest BCUT2D eigenvalue weighted by Gasteiger charge is -2.16. The molecule has 1 aromatic carbocycles. The minimum absolute atomic E-state index is 0.126. The molecule has 1 unspecified atom stereocenters. The first-order valence-corrected chi connectivity index (χ1v) is 8.58. The number of sulfone groups is 1. The average Bonchev–Trinajstić information content (AvgIpc) is 2.89. The van der Waals surface area contributed by atoms with Crippen LogP contribution < -0.4 is 4.74 Å². The zero-order chi connectivity index (χ0) is 14.8. The molecule has 20 heavy (non-hydrogen) atoms. The Morgan fingerprint density at radius 3 is 2.50 bits per heavy atom. The Morgan fingerprint density at radius 1 is 1.35 bits per heavy atom. The molecule has 1 atom stereocenters. The van der Waals surface area contributed by atoms with E-state index in [2.05, 4.69) is 0 Å². The molecule has 1 fully saturated rings. The van der Waals surface area contributed by atoms with Crippen LogP contribution >= 0.6 is 0 Å². The van der Waals surface area contributed by atoms with Crippen LogP contribution in [0, 0.1) is 0 Å². The summed E-state index contributed by atoms with van der Waals surface area (Å²) < 4.78 is 28.3. The summed E-state index contributed by atoms with van der Waals surface area (Å²) in [5.41, 5.74) is 0.558. The van der Waals surface area contributed by atoms with Gasteiger partial charge in [-0.3, -0.25) is 4.79 Å². The molecule has 1 aliphatic rings. The van der Waals surface area contributed by atoms with Crippen LogP contribution in [-0.2, 0) is 9.84 Å². The van der Waals surface area contributed by atoms with Crippen molar-refractivity contribution < 1.29 is 17.9 Å². The van der Waals surface area contributed by atoms with E-state index >= 15 is 0 Å². The van der Waals surface area contributed by atoms with Crippen molar-refractivity contribution in [3.05, 3.63) is 29.8 Å². The number of hydrogen-bond acceptors (Lipinski definition) is 4. The average molecular weight is 297 g/mol. The van der Waals surface area contributed by atoms with Gasteiger partial charge in [-0.1, -0.05) is 0 Å². The molecule has 0 spiro atoms. The molecule has 0 N–H and O–H groups in total. The summed E-state index contributed by atoms with van der Waals surface area (Å²) >= 11 is 0. The molecule has 110 valence electrons. The highest BCUT2D eigenvalue weighted by Gasteiger charge is 2.32. The van der Waals surface area contributed by atoms with E-state index in [0.717, 1.165) is 5.75 Å². The number of hydrogen-bond donors (Lipinski definition) is 0. The molecule has 1 aromatic rings. The highest BCUT2D eigenvalue weighted by Crippen LogP contribution is 2.20. The van der Waals surface area contributed by atoms with Crippen molar-refractivity contribution >= 4 is 15.7 Å². The topological polar surface area (TPSA) is 63.7 Å². The number of amides is 1. The van der Waals surface area contributed by atoms with Gasteiger partial charge in [0.2, 0.25) is 0 Å². The quantitative estimate of drug-likeness (QED) is 0.841. The Balaban J connectivity index is 2.05. The van der Waals surface area contributed by atoms with Gasteiger partial charge in [0, 0.05) is 24.9 Å². The third-order valence-electron chi connectivity index (χ3n) is 3.45. The normalized spacial score (nSPS) is 19.1. The first kappa shape index (κ1) is 14.8. The van der Waals surface area contributed by atoms with Gasteiger partial charge in [0.15, 0.2) is 9.84 Å². The number of nitrogens with zero attached hydrogens (tertiary/aromatic N) is 1. The van der Waals surface area contributed by atoms with Crippen molar-refractivity contribution in [2.24, 2.45) is 0 Å². The lowest BCUT2D eigenvalue weighted by molar-refractivity contribution is 0.0793. The summed E-state index contributed by atoms with van der Waals surface area (Å²) in [4.78, 5) is 13.9. The van der Waals surface area contributed by atoms with Crippen LogP contribution in [0.15, 0.2) is 24.3 Å². The fourth-order valence-corrected chi connectivity index (χ4v) is 3.29. The van der Waals surface area contributed by atoms with Crippen LogP contribution in [0.4, 0.5) is 0 Å². The molecule has 1 heterocycles. The van der Waals surface area contributed by atoms with Crippen LogP contribution in [0.2, 0.25) is 0 Å². The summed E-state index contributed by atoms with van der Waals surface area (Å²) in [7, 11) is -3.08. The van der Waals surface area contributed by atoms with E-state index in [-0.39, 0.29) is 12.5 Å². The fraction of sp³-hybridized carbons (Fsp3) is 0.500. The van der Waals surface area contributed by atoms with Gasteiger partial charge in [-0.15, -0.1) is 0 Å². The molecule has 1 amide bonds. The molecular weight excluding hydrogens is 278 g/mol. The summed E-state index contributed by atoms with van der Waals surface area (Å²) in [6, 6.07) is 6.92. The second-order valence-electron chi connectivity index (χ2n) is 4.95. The van der Waals surface area contributed by atoms with Gasteiger partial charge in [-0.25, -0.2) is 8.42 Å². The number of rotatable bonds is 4. The van der Waals surface area contributed by atoms with E-state index in [1.165, 1.54) is 6.26 Å². The highest BCUT2D eigenvalue weighted by atomic mass is 32.2. The largest absolute Gasteiger partial charge is 0.494 e. The predicted octanol–water partition coefficient (Wildman–Crippen LogP) is 1.34. The van der Waals surface area contributed by atoms with E-state index < -0.39 is 15.1 Å². The second kappa shape index (κ2) is 5.83. The van der Waals surface area contributed by atoms with E-state index in [1.807, 2.05) is 6.92 Å². The van der Waals surface area contributed by atoms with Crippen LogP contribution in [0.1, 0.15) is 23.7 Å². The molecular formula is C14H19NO4S. The van der Waals surface area contributed by atoms with Gasteiger partial charge < -0.3 is 9.64 Å². The predicted molar refractivity (Wildman–Crippen MR) is 76.8 cm³/mol. The van der Waals surface area contributed by atoms with E-state index in [0.29, 0.717) is 25.1 Å². The minimum atomic E-state index is -3.08. The Morgan fingerprint density at radius 2 is 2.00 bits per heavy atom. The van der Waals surface area contributed by atoms with Crippen LogP contribution in [-0.4, -0.2) is 50.4 Å². The fourth-order valence-electron chi connectivity index (χ4n) is 2.31. The van der Waals surface area contributed by atoms with Crippen molar-refractivity contribution in [3.8, 4) is 5.75 Å². The molecule has 1 saturated heterocycles. The summed E-state index contributed by atoms with van der Waals surface area (Å²) in [5.74, 6) is 0.596. The summed E-state index contributed by atoms with van der Waals surface area (Å²) in [6.07, 6.45) is 1.74. The number of carbonyl (C=O) groups excluding carboxylic acids is 1. The Labute approximate surface area is 119 Å². The number of carbonyl (C=O) groups is 1. The van der Waals surface area contributed by atoms with Gasteiger partial charge in [0.25, 0.3) is 5.91 Å². The first-order chi connectivity index (χ1) is 9.41. The third-order valence-corrected chi connectivity index (χ3v) is 5.05. The Hall–Kier alpha value is -1.56. The molecule has 0 radical (unpaired) electrons. The van der Waals surface area contributed by atoms with Crippen molar-refractivity contribution in [1.82, 2.24) is 4.90 Å². The van der Waals surface area contributed by atoms with Gasteiger partial charge in [-0.2, -0.15) is 0 Å².